The van der Waals surface area contributed by atoms with Crippen molar-refractivity contribution in [3.63, 3.8) is 0 Å². The molecule has 5 rings (SSSR count). The monoisotopic (exact) mass is 627 g/mol. The van der Waals surface area contributed by atoms with Crippen LogP contribution in [0.1, 0.15) is 37.6 Å². The molecular formula is C28H34F5N7O2S. The smallest absolute Gasteiger partial charge is 0.416 e. The molecule has 2 aliphatic rings. The third-order valence-corrected chi connectivity index (χ3v) is 8.34. The highest BCUT2D eigenvalue weighted by Crippen LogP contribution is 2.38. The normalized spacial score (nSPS) is 18.1. The van der Waals surface area contributed by atoms with Gasteiger partial charge in [0.25, 0.3) is 0 Å². The first-order valence-electron chi connectivity index (χ1n) is 13.5. The summed E-state index contributed by atoms with van der Waals surface area (Å²) in [7, 11) is 0. The molecule has 4 heterocycles. The molecule has 234 valence electrons. The molecule has 0 unspecified atom stereocenters. The van der Waals surface area contributed by atoms with E-state index in [1.54, 1.807) is 4.90 Å². The lowest BCUT2D eigenvalue weighted by atomic mass is 10.1. The zero-order chi connectivity index (χ0) is 30.0. The van der Waals surface area contributed by atoms with Gasteiger partial charge in [0.15, 0.2) is 16.8 Å². The van der Waals surface area contributed by atoms with Crippen molar-refractivity contribution in [1.82, 2.24) is 24.8 Å². The van der Waals surface area contributed by atoms with Crippen molar-refractivity contribution in [2.45, 2.75) is 39.9 Å². The topological polar surface area (TPSA) is 97.7 Å². The maximum atomic E-state index is 15.6. The van der Waals surface area contributed by atoms with E-state index < -0.39 is 29.3 Å². The number of rotatable bonds is 9. The summed E-state index contributed by atoms with van der Waals surface area (Å²) in [5.74, 6) is -2.22. The van der Waals surface area contributed by atoms with E-state index in [1.165, 1.54) is 6.33 Å². The molecular weight excluding hydrogens is 593 g/mol. The van der Waals surface area contributed by atoms with Crippen molar-refractivity contribution in [1.29, 1.82) is 0 Å². The number of benzene rings is 1. The lowest BCUT2D eigenvalue weighted by molar-refractivity contribution is -0.138. The van der Waals surface area contributed by atoms with Crippen LogP contribution in [0.5, 0.6) is 0 Å². The minimum Gasteiger partial charge on any atom is -0.481 e. The molecule has 0 amide bonds. The number of alkyl halides is 3. The second-order valence-electron chi connectivity index (χ2n) is 10.6. The summed E-state index contributed by atoms with van der Waals surface area (Å²) in [6.45, 7) is 6.51. The molecule has 2 aliphatic heterocycles. The molecule has 0 aliphatic carbocycles. The lowest BCUT2D eigenvalue weighted by Gasteiger charge is -2.35. The summed E-state index contributed by atoms with van der Waals surface area (Å²) in [6.07, 6.45) is -2.51. The summed E-state index contributed by atoms with van der Waals surface area (Å²) in [4.78, 5) is 30.0. The predicted octanol–water partition coefficient (Wildman–Crippen LogP) is 5.72. The van der Waals surface area contributed by atoms with E-state index in [2.05, 4.69) is 32.1 Å². The number of likely N-dealkylation sites (tertiary alicyclic amines) is 1. The van der Waals surface area contributed by atoms with Gasteiger partial charge in [0, 0.05) is 56.3 Å². The number of halogens is 5. The van der Waals surface area contributed by atoms with Gasteiger partial charge in [-0.25, -0.2) is 19.3 Å². The van der Waals surface area contributed by atoms with Gasteiger partial charge in [-0.05, 0) is 37.1 Å². The van der Waals surface area contributed by atoms with Gasteiger partial charge in [-0.3, -0.25) is 14.6 Å². The molecule has 2 fully saturated rings. The van der Waals surface area contributed by atoms with E-state index in [0.717, 1.165) is 43.0 Å². The van der Waals surface area contributed by atoms with Crippen LogP contribution >= 0.6 is 11.3 Å². The van der Waals surface area contributed by atoms with E-state index in [9.17, 15) is 22.4 Å². The van der Waals surface area contributed by atoms with Crippen LogP contribution in [0.4, 0.5) is 38.7 Å². The number of nitrogens with zero attached hydrogens (tertiary/aromatic N) is 6. The molecule has 2 saturated heterocycles. The van der Waals surface area contributed by atoms with E-state index in [0.29, 0.717) is 56.1 Å². The number of carboxylic acid groups (broad SMARTS) is 1. The Hall–Kier alpha value is -3.43. The van der Waals surface area contributed by atoms with Crippen molar-refractivity contribution < 1.29 is 31.9 Å². The SMILES string of the molecule is C.C[C@H]1CCN(Cc2sc(Nc3ncnc(N4CCN(CCC(=O)O)CC4)c3F)nc2-c2cc(F)cc(C(F)(F)F)c2)C1. The van der Waals surface area contributed by atoms with Crippen molar-refractivity contribution in [3.8, 4) is 11.3 Å². The van der Waals surface area contributed by atoms with Crippen LogP contribution in [0.2, 0.25) is 0 Å². The summed E-state index contributed by atoms with van der Waals surface area (Å²) >= 11 is 1.15. The first-order valence-corrected chi connectivity index (χ1v) is 14.3. The van der Waals surface area contributed by atoms with Crippen molar-refractivity contribution in [2.75, 3.05) is 56.0 Å². The van der Waals surface area contributed by atoms with E-state index >= 15 is 4.39 Å². The second-order valence-corrected chi connectivity index (χ2v) is 11.7. The molecule has 43 heavy (non-hydrogen) atoms. The standard InChI is InChI=1S/C27H30F5N7O2S.CH4/c1-16-2-4-38(13-16)14-20-23(17-10-18(27(30,31)32)12-19(28)11-17)35-26(42-20)36-24-22(29)25(34-15-33-24)39-8-6-37(7-9-39)5-3-21(40)41;/h10-12,15-16H,2-9,13-14H2,1H3,(H,40,41)(H,33,34,35,36);1H4/t16-;/m0./s1. The van der Waals surface area contributed by atoms with Crippen molar-refractivity contribution in [2.24, 2.45) is 5.92 Å². The highest BCUT2D eigenvalue weighted by molar-refractivity contribution is 7.16. The largest absolute Gasteiger partial charge is 0.481 e. The minimum atomic E-state index is -4.74. The van der Waals surface area contributed by atoms with Crippen LogP contribution in [-0.2, 0) is 17.5 Å². The molecule has 3 aromatic rings. The third kappa shape index (κ3) is 7.95. The minimum absolute atomic E-state index is 0. The Labute approximate surface area is 250 Å². The maximum Gasteiger partial charge on any atom is 0.416 e. The number of anilines is 3. The van der Waals surface area contributed by atoms with Gasteiger partial charge in [0.2, 0.25) is 5.82 Å². The Balaban J connectivity index is 0.00000423. The second kappa shape index (κ2) is 13.5. The van der Waals surface area contributed by atoms with Gasteiger partial charge >= 0.3 is 12.1 Å². The van der Waals surface area contributed by atoms with Crippen LogP contribution in [0.25, 0.3) is 11.3 Å². The first kappa shape index (κ1) is 32.5. The number of hydrogen-bond acceptors (Lipinski definition) is 9. The Morgan fingerprint density at radius 3 is 2.49 bits per heavy atom. The summed E-state index contributed by atoms with van der Waals surface area (Å²) in [5.41, 5.74) is -0.937. The Kier molecular flexibility index (Phi) is 10.2. The van der Waals surface area contributed by atoms with E-state index in [4.69, 9.17) is 5.11 Å². The van der Waals surface area contributed by atoms with Gasteiger partial charge in [-0.2, -0.15) is 17.6 Å². The number of thiazole rings is 1. The van der Waals surface area contributed by atoms with Gasteiger partial charge in [0.1, 0.15) is 12.1 Å². The fraction of sp³-hybridized carbons (Fsp3) is 0.500. The third-order valence-electron chi connectivity index (χ3n) is 7.38. The van der Waals surface area contributed by atoms with Crippen molar-refractivity contribution >= 4 is 34.1 Å². The molecule has 9 nitrogen and oxygen atoms in total. The number of carbonyl (C=O) groups is 1. The van der Waals surface area contributed by atoms with E-state index in [1.807, 2.05) is 4.90 Å². The quantitative estimate of drug-likeness (QED) is 0.289. The van der Waals surface area contributed by atoms with Gasteiger partial charge in [0.05, 0.1) is 17.7 Å². The van der Waals surface area contributed by atoms with Crippen LogP contribution in [0, 0.1) is 17.6 Å². The molecule has 0 bridgehead atoms. The number of carboxylic acids is 1. The first-order chi connectivity index (χ1) is 20.0. The zero-order valence-corrected chi connectivity index (χ0v) is 23.6. The highest BCUT2D eigenvalue weighted by Gasteiger charge is 2.32. The number of aliphatic carboxylic acids is 1. The van der Waals surface area contributed by atoms with Crippen molar-refractivity contribution in [3.05, 3.63) is 46.6 Å². The van der Waals surface area contributed by atoms with Gasteiger partial charge in [-0.1, -0.05) is 25.7 Å². The number of piperazine rings is 1. The van der Waals surface area contributed by atoms with Gasteiger partial charge in [-0.15, -0.1) is 0 Å². The predicted molar refractivity (Wildman–Crippen MR) is 154 cm³/mol. The molecule has 1 aromatic carbocycles. The molecule has 0 spiro atoms. The molecule has 15 heteroatoms. The number of nitrogens with one attached hydrogen (secondary N) is 1. The molecule has 0 radical (unpaired) electrons. The van der Waals surface area contributed by atoms with Crippen LogP contribution in [-0.4, -0.2) is 81.6 Å². The van der Waals surface area contributed by atoms with Crippen LogP contribution in [0.3, 0.4) is 0 Å². The fourth-order valence-corrected chi connectivity index (χ4v) is 6.23. The summed E-state index contributed by atoms with van der Waals surface area (Å²) in [5, 5.41) is 12.0. The highest BCUT2D eigenvalue weighted by atomic mass is 32.1. The molecule has 2 aromatic heterocycles. The van der Waals surface area contributed by atoms with Crippen LogP contribution < -0.4 is 10.2 Å². The number of hydrogen-bond donors (Lipinski definition) is 2. The van der Waals surface area contributed by atoms with Crippen LogP contribution in [0.15, 0.2) is 24.5 Å². The number of aromatic nitrogens is 3. The average Bonchev–Trinajstić information content (AvgIpc) is 3.53. The van der Waals surface area contributed by atoms with Gasteiger partial charge < -0.3 is 15.3 Å². The Bertz CT molecular complexity index is 1430. The molecule has 0 saturated carbocycles. The Morgan fingerprint density at radius 2 is 1.84 bits per heavy atom. The lowest BCUT2D eigenvalue weighted by Crippen LogP contribution is -2.47. The maximum absolute atomic E-state index is 15.6. The summed E-state index contributed by atoms with van der Waals surface area (Å²) < 4.78 is 70.3. The fourth-order valence-electron chi connectivity index (χ4n) is 5.21. The zero-order valence-electron chi connectivity index (χ0n) is 22.8. The Morgan fingerprint density at radius 1 is 1.09 bits per heavy atom. The van der Waals surface area contributed by atoms with E-state index in [-0.39, 0.29) is 41.9 Å². The molecule has 1 atom stereocenters. The molecule has 2 N–H and O–H groups in total. The summed E-state index contributed by atoms with van der Waals surface area (Å²) in [6, 6.07) is 2.34. The average molecular weight is 628 g/mol.